The van der Waals surface area contributed by atoms with Crippen LogP contribution in [-0.2, 0) is 11.3 Å². The molecule has 2 aromatic carbocycles. The van der Waals surface area contributed by atoms with Crippen molar-refractivity contribution in [2.75, 3.05) is 13.7 Å². The zero-order valence-electron chi connectivity index (χ0n) is 13.8. The van der Waals surface area contributed by atoms with Crippen LogP contribution in [0.5, 0.6) is 5.75 Å². The molecule has 3 aromatic rings. The van der Waals surface area contributed by atoms with Crippen LogP contribution in [0.2, 0.25) is 0 Å². The monoisotopic (exact) mass is 342 g/mol. The molecule has 0 fully saturated rings. The zero-order valence-corrected chi connectivity index (χ0v) is 13.8. The van der Waals surface area contributed by atoms with E-state index in [1.54, 1.807) is 23.8 Å². The molecule has 0 saturated carbocycles. The molecular formula is C19H19FN2O3. The molecule has 0 aliphatic carbocycles. The normalized spacial score (nSPS) is 12.1. The molecule has 1 unspecified atom stereocenters. The number of amides is 1. The number of carbonyl (C=O) groups is 1. The number of benzene rings is 2. The lowest BCUT2D eigenvalue weighted by molar-refractivity contribution is -0.122. The van der Waals surface area contributed by atoms with Crippen molar-refractivity contribution in [3.05, 3.63) is 66.1 Å². The van der Waals surface area contributed by atoms with E-state index in [1.165, 1.54) is 12.1 Å². The van der Waals surface area contributed by atoms with Gasteiger partial charge in [-0.2, -0.15) is 0 Å². The molecule has 130 valence electrons. The summed E-state index contributed by atoms with van der Waals surface area (Å²) in [6.07, 6.45) is 0.729. The van der Waals surface area contributed by atoms with E-state index in [1.807, 2.05) is 30.5 Å². The van der Waals surface area contributed by atoms with Gasteiger partial charge in [0.1, 0.15) is 18.1 Å². The number of carbonyl (C=O) groups excluding carboxylic acids is 1. The van der Waals surface area contributed by atoms with Gasteiger partial charge in [-0.05, 0) is 30.3 Å². The number of aliphatic hydroxyl groups is 1. The highest BCUT2D eigenvalue weighted by atomic mass is 19.1. The fraction of sp³-hybridized carbons (Fsp3) is 0.211. The fourth-order valence-electron chi connectivity index (χ4n) is 2.72. The maximum Gasteiger partial charge on any atom is 0.240 e. The highest BCUT2D eigenvalue weighted by molar-refractivity contribution is 5.84. The third-order valence-electron chi connectivity index (χ3n) is 4.05. The van der Waals surface area contributed by atoms with Crippen LogP contribution in [0, 0.1) is 5.82 Å². The molecule has 1 atom stereocenters. The van der Waals surface area contributed by atoms with Gasteiger partial charge >= 0.3 is 0 Å². The Labute approximate surface area is 144 Å². The number of halogens is 1. The summed E-state index contributed by atoms with van der Waals surface area (Å²) >= 11 is 0. The van der Waals surface area contributed by atoms with Crippen LogP contribution in [0.3, 0.4) is 0 Å². The van der Waals surface area contributed by atoms with Crippen LogP contribution in [-0.4, -0.2) is 29.2 Å². The molecule has 2 N–H and O–H groups in total. The minimum atomic E-state index is -1.09. The second kappa shape index (κ2) is 7.36. The van der Waals surface area contributed by atoms with Gasteiger partial charge in [-0.25, -0.2) is 4.39 Å². The van der Waals surface area contributed by atoms with Crippen molar-refractivity contribution in [3.8, 4) is 5.75 Å². The quantitative estimate of drug-likeness (QED) is 0.724. The van der Waals surface area contributed by atoms with Crippen LogP contribution >= 0.6 is 0 Å². The molecule has 0 bridgehead atoms. The number of fused-ring (bicyclic) bond motifs is 1. The van der Waals surface area contributed by atoms with Gasteiger partial charge in [-0.15, -0.1) is 0 Å². The minimum Gasteiger partial charge on any atom is -0.497 e. The summed E-state index contributed by atoms with van der Waals surface area (Å²) < 4.78 is 20.6. The Hall–Kier alpha value is -2.86. The first-order valence-corrected chi connectivity index (χ1v) is 7.90. The SMILES string of the molecule is COc1ccc2c(ccn2CC(=O)NCC(O)c2ccccc2F)c1. The van der Waals surface area contributed by atoms with E-state index in [9.17, 15) is 14.3 Å². The van der Waals surface area contributed by atoms with Gasteiger partial charge < -0.3 is 19.7 Å². The number of aromatic nitrogens is 1. The molecule has 0 aliphatic rings. The number of nitrogens with zero attached hydrogens (tertiary/aromatic N) is 1. The van der Waals surface area contributed by atoms with E-state index < -0.39 is 11.9 Å². The largest absolute Gasteiger partial charge is 0.497 e. The van der Waals surface area contributed by atoms with Crippen molar-refractivity contribution in [2.24, 2.45) is 0 Å². The summed E-state index contributed by atoms with van der Waals surface area (Å²) in [7, 11) is 1.60. The van der Waals surface area contributed by atoms with Gasteiger partial charge in [0, 0.05) is 29.2 Å². The van der Waals surface area contributed by atoms with E-state index in [2.05, 4.69) is 5.32 Å². The summed E-state index contributed by atoms with van der Waals surface area (Å²) in [5.74, 6) is 0.000943. The van der Waals surface area contributed by atoms with E-state index in [-0.39, 0.29) is 24.6 Å². The third kappa shape index (κ3) is 3.80. The van der Waals surface area contributed by atoms with Crippen LogP contribution in [0.1, 0.15) is 11.7 Å². The Morgan fingerprint density at radius 3 is 2.84 bits per heavy atom. The molecule has 1 aromatic heterocycles. The number of nitrogens with one attached hydrogen (secondary N) is 1. The molecule has 0 aliphatic heterocycles. The highest BCUT2D eigenvalue weighted by Gasteiger charge is 2.14. The van der Waals surface area contributed by atoms with Gasteiger partial charge in [0.15, 0.2) is 0 Å². The third-order valence-corrected chi connectivity index (χ3v) is 4.05. The Balaban J connectivity index is 1.62. The average molecular weight is 342 g/mol. The molecule has 6 heteroatoms. The Morgan fingerprint density at radius 1 is 1.28 bits per heavy atom. The van der Waals surface area contributed by atoms with E-state index in [4.69, 9.17) is 4.74 Å². The standard InChI is InChI=1S/C19H19FN2O3/c1-25-14-6-7-17-13(10-14)8-9-22(17)12-19(24)21-11-18(23)15-4-2-3-5-16(15)20/h2-10,18,23H,11-12H2,1H3,(H,21,24). The zero-order chi connectivity index (χ0) is 17.8. The van der Waals surface area contributed by atoms with Crippen molar-refractivity contribution in [2.45, 2.75) is 12.6 Å². The summed E-state index contributed by atoms with van der Waals surface area (Å²) in [4.78, 5) is 12.1. The van der Waals surface area contributed by atoms with Crippen molar-refractivity contribution < 1.29 is 19.0 Å². The molecule has 5 nitrogen and oxygen atoms in total. The molecule has 1 heterocycles. The van der Waals surface area contributed by atoms with E-state index in [0.29, 0.717) is 0 Å². The number of hydrogen-bond acceptors (Lipinski definition) is 3. The first-order chi connectivity index (χ1) is 12.1. The lowest BCUT2D eigenvalue weighted by atomic mass is 10.1. The van der Waals surface area contributed by atoms with Gasteiger partial charge in [-0.1, -0.05) is 18.2 Å². The molecule has 0 radical (unpaired) electrons. The maximum atomic E-state index is 13.6. The second-order valence-electron chi connectivity index (χ2n) is 5.71. The molecule has 0 saturated heterocycles. The number of rotatable bonds is 6. The molecule has 1 amide bonds. The van der Waals surface area contributed by atoms with Gasteiger partial charge in [-0.3, -0.25) is 4.79 Å². The fourth-order valence-corrected chi connectivity index (χ4v) is 2.72. The Kier molecular flexibility index (Phi) is 5.00. The number of methoxy groups -OCH3 is 1. The Bertz CT molecular complexity index is 891. The number of aliphatic hydroxyl groups excluding tert-OH is 1. The molecule has 0 spiro atoms. The van der Waals surface area contributed by atoms with Gasteiger partial charge in [0.25, 0.3) is 0 Å². The minimum absolute atomic E-state index is 0.0488. The summed E-state index contributed by atoms with van der Waals surface area (Å²) in [6, 6.07) is 13.5. The molecular weight excluding hydrogens is 323 g/mol. The lowest BCUT2D eigenvalue weighted by Crippen LogP contribution is -2.31. The van der Waals surface area contributed by atoms with Crippen molar-refractivity contribution >= 4 is 16.8 Å². The smallest absolute Gasteiger partial charge is 0.240 e. The predicted molar refractivity (Wildman–Crippen MR) is 92.9 cm³/mol. The molecule has 3 rings (SSSR count). The van der Waals surface area contributed by atoms with Crippen molar-refractivity contribution in [1.29, 1.82) is 0 Å². The van der Waals surface area contributed by atoms with Crippen molar-refractivity contribution in [1.82, 2.24) is 9.88 Å². The van der Waals surface area contributed by atoms with Crippen LogP contribution in [0.15, 0.2) is 54.7 Å². The predicted octanol–water partition coefficient (Wildman–Crippen LogP) is 2.64. The molecule has 25 heavy (non-hydrogen) atoms. The first-order valence-electron chi connectivity index (χ1n) is 7.90. The van der Waals surface area contributed by atoms with Crippen LogP contribution < -0.4 is 10.1 Å². The van der Waals surface area contributed by atoms with E-state index >= 15 is 0 Å². The van der Waals surface area contributed by atoms with Gasteiger partial charge in [0.2, 0.25) is 5.91 Å². The maximum absolute atomic E-state index is 13.6. The second-order valence-corrected chi connectivity index (χ2v) is 5.71. The average Bonchev–Trinajstić information content (AvgIpc) is 3.02. The lowest BCUT2D eigenvalue weighted by Gasteiger charge is -2.13. The number of ether oxygens (including phenoxy) is 1. The summed E-state index contributed by atoms with van der Waals surface area (Å²) in [5, 5.41) is 13.6. The Morgan fingerprint density at radius 2 is 2.08 bits per heavy atom. The summed E-state index contributed by atoms with van der Waals surface area (Å²) in [5.41, 5.74) is 1.08. The topological polar surface area (TPSA) is 63.5 Å². The number of hydrogen-bond donors (Lipinski definition) is 2. The highest BCUT2D eigenvalue weighted by Crippen LogP contribution is 2.21. The van der Waals surface area contributed by atoms with E-state index in [0.717, 1.165) is 16.7 Å². The summed E-state index contributed by atoms with van der Waals surface area (Å²) in [6.45, 7) is 0.0621. The van der Waals surface area contributed by atoms with Crippen LogP contribution in [0.25, 0.3) is 10.9 Å². The van der Waals surface area contributed by atoms with Gasteiger partial charge in [0.05, 0.1) is 13.2 Å². The van der Waals surface area contributed by atoms with Crippen LogP contribution in [0.4, 0.5) is 4.39 Å². The van der Waals surface area contributed by atoms with Crippen molar-refractivity contribution in [3.63, 3.8) is 0 Å². The first kappa shape index (κ1) is 17.0.